The summed E-state index contributed by atoms with van der Waals surface area (Å²) in [5.41, 5.74) is 6.30. The zero-order chi connectivity index (χ0) is 13.1. The summed E-state index contributed by atoms with van der Waals surface area (Å²) in [5, 5.41) is 2.72. The van der Waals surface area contributed by atoms with E-state index in [0.717, 1.165) is 17.8 Å². The van der Waals surface area contributed by atoms with Crippen molar-refractivity contribution in [3.05, 3.63) is 16.1 Å². The van der Waals surface area contributed by atoms with Crippen molar-refractivity contribution < 1.29 is 9.53 Å². The Morgan fingerprint density at radius 1 is 1.72 bits per heavy atom. The molecule has 2 N–H and O–H groups in total. The Bertz CT molecular complexity index is 421. The van der Waals surface area contributed by atoms with Gasteiger partial charge in [-0.3, -0.25) is 4.79 Å². The Balaban J connectivity index is 2.10. The van der Waals surface area contributed by atoms with E-state index in [9.17, 15) is 4.79 Å². The van der Waals surface area contributed by atoms with Crippen LogP contribution in [0.25, 0.3) is 0 Å². The lowest BCUT2D eigenvalue weighted by Crippen LogP contribution is -2.51. The van der Waals surface area contributed by atoms with Gasteiger partial charge in [0.2, 0.25) is 0 Å². The fraction of sp³-hybridized carbons (Fsp3) is 0.667. The van der Waals surface area contributed by atoms with Gasteiger partial charge in [0.05, 0.1) is 11.1 Å². The fourth-order valence-corrected chi connectivity index (χ4v) is 2.91. The third kappa shape index (κ3) is 2.71. The highest BCUT2D eigenvalue weighted by atomic mass is 32.1. The van der Waals surface area contributed by atoms with Crippen LogP contribution in [0.15, 0.2) is 5.38 Å². The number of nitrogens with two attached hydrogens (primary N) is 1. The first-order valence-electron chi connectivity index (χ1n) is 6.11. The summed E-state index contributed by atoms with van der Waals surface area (Å²) in [6.45, 7) is 3.06. The van der Waals surface area contributed by atoms with Crippen LogP contribution in [0.2, 0.25) is 0 Å². The van der Waals surface area contributed by atoms with Gasteiger partial charge in [0, 0.05) is 31.6 Å². The van der Waals surface area contributed by atoms with Crippen molar-refractivity contribution in [3.63, 3.8) is 0 Å². The fourth-order valence-electron chi connectivity index (χ4n) is 2.33. The normalized spacial score (nSPS) is 24.3. The van der Waals surface area contributed by atoms with Crippen molar-refractivity contribution in [3.8, 4) is 0 Å². The molecular weight excluding hydrogens is 250 g/mol. The minimum atomic E-state index is -0.00986. The van der Waals surface area contributed by atoms with E-state index in [2.05, 4.69) is 4.98 Å². The van der Waals surface area contributed by atoms with Crippen molar-refractivity contribution in [1.82, 2.24) is 9.88 Å². The second-order valence-corrected chi connectivity index (χ2v) is 5.58. The molecule has 6 heteroatoms. The number of aromatic nitrogens is 1. The lowest BCUT2D eigenvalue weighted by Gasteiger charge is -2.38. The van der Waals surface area contributed by atoms with Gasteiger partial charge < -0.3 is 15.4 Å². The first kappa shape index (κ1) is 13.5. The SMILES string of the molecule is COC1CCN(C(=O)c2csc(C)n2)C(CN)C1. The number of thiazole rings is 1. The number of likely N-dealkylation sites (tertiary alicyclic amines) is 1. The molecule has 5 nitrogen and oxygen atoms in total. The molecule has 1 aromatic rings. The minimum Gasteiger partial charge on any atom is -0.381 e. The molecule has 1 saturated heterocycles. The minimum absolute atomic E-state index is 0.00986. The Labute approximate surface area is 111 Å². The monoisotopic (exact) mass is 269 g/mol. The highest BCUT2D eigenvalue weighted by Crippen LogP contribution is 2.21. The van der Waals surface area contributed by atoms with Crippen LogP contribution >= 0.6 is 11.3 Å². The Morgan fingerprint density at radius 3 is 3.06 bits per heavy atom. The maximum Gasteiger partial charge on any atom is 0.273 e. The van der Waals surface area contributed by atoms with Gasteiger partial charge in [0.15, 0.2) is 0 Å². The van der Waals surface area contributed by atoms with E-state index < -0.39 is 0 Å². The van der Waals surface area contributed by atoms with Crippen LogP contribution in [0.4, 0.5) is 0 Å². The summed E-state index contributed by atoms with van der Waals surface area (Å²) in [6, 6.07) is 0.0539. The average molecular weight is 269 g/mol. The number of methoxy groups -OCH3 is 1. The third-order valence-electron chi connectivity index (χ3n) is 3.37. The number of amides is 1. The molecule has 1 aliphatic heterocycles. The van der Waals surface area contributed by atoms with Crippen molar-refractivity contribution in [1.29, 1.82) is 0 Å². The van der Waals surface area contributed by atoms with E-state index in [-0.39, 0.29) is 18.1 Å². The number of ether oxygens (including phenoxy) is 1. The molecular formula is C12H19N3O2S. The zero-order valence-corrected chi connectivity index (χ0v) is 11.6. The van der Waals surface area contributed by atoms with Gasteiger partial charge in [0.1, 0.15) is 5.69 Å². The van der Waals surface area contributed by atoms with Crippen molar-refractivity contribution in [2.24, 2.45) is 5.73 Å². The maximum absolute atomic E-state index is 12.4. The molecule has 0 radical (unpaired) electrons. The Morgan fingerprint density at radius 2 is 2.50 bits per heavy atom. The number of carbonyl (C=O) groups is 1. The largest absolute Gasteiger partial charge is 0.381 e. The van der Waals surface area contributed by atoms with E-state index >= 15 is 0 Å². The maximum atomic E-state index is 12.4. The summed E-state index contributed by atoms with van der Waals surface area (Å²) in [4.78, 5) is 18.4. The van der Waals surface area contributed by atoms with Crippen LogP contribution < -0.4 is 5.73 Å². The molecule has 2 heterocycles. The third-order valence-corrected chi connectivity index (χ3v) is 4.15. The molecule has 0 bridgehead atoms. The average Bonchev–Trinajstić information content (AvgIpc) is 2.83. The van der Waals surface area contributed by atoms with Crippen LogP contribution in [0, 0.1) is 6.92 Å². The number of nitrogens with zero attached hydrogens (tertiary/aromatic N) is 2. The van der Waals surface area contributed by atoms with E-state index in [0.29, 0.717) is 18.8 Å². The number of aryl methyl sites for hydroxylation is 1. The molecule has 1 fully saturated rings. The van der Waals surface area contributed by atoms with Crippen LogP contribution in [-0.2, 0) is 4.74 Å². The van der Waals surface area contributed by atoms with Gasteiger partial charge in [-0.25, -0.2) is 4.98 Å². The van der Waals surface area contributed by atoms with Crippen LogP contribution in [0.1, 0.15) is 28.3 Å². The quantitative estimate of drug-likeness (QED) is 0.890. The van der Waals surface area contributed by atoms with E-state index in [1.54, 1.807) is 7.11 Å². The van der Waals surface area contributed by atoms with Gasteiger partial charge in [-0.2, -0.15) is 0 Å². The number of piperidine rings is 1. The van der Waals surface area contributed by atoms with E-state index in [1.807, 2.05) is 17.2 Å². The summed E-state index contributed by atoms with van der Waals surface area (Å²) in [5.74, 6) is -0.00986. The standard InChI is InChI=1S/C12H19N3O2S/c1-8-14-11(7-18-8)12(16)15-4-3-10(17-2)5-9(15)6-13/h7,9-10H,3-6,13H2,1-2H3. The predicted octanol–water partition coefficient (Wildman–Crippen LogP) is 1.03. The second kappa shape index (κ2) is 5.77. The molecule has 1 aromatic heterocycles. The molecule has 0 aliphatic carbocycles. The number of carbonyl (C=O) groups excluding carboxylic acids is 1. The van der Waals surface area contributed by atoms with Gasteiger partial charge in [0.25, 0.3) is 5.91 Å². The summed E-state index contributed by atoms with van der Waals surface area (Å²) < 4.78 is 5.35. The van der Waals surface area contributed by atoms with Crippen LogP contribution in [0.5, 0.6) is 0 Å². The summed E-state index contributed by atoms with van der Waals surface area (Å²) >= 11 is 1.50. The van der Waals surface area contributed by atoms with E-state index in [4.69, 9.17) is 10.5 Å². The highest BCUT2D eigenvalue weighted by Gasteiger charge is 2.32. The smallest absolute Gasteiger partial charge is 0.273 e. The molecule has 2 unspecified atom stereocenters. The molecule has 100 valence electrons. The van der Waals surface area contributed by atoms with Gasteiger partial charge in [-0.05, 0) is 19.8 Å². The van der Waals surface area contributed by atoms with Crippen molar-refractivity contribution in [2.75, 3.05) is 20.2 Å². The second-order valence-electron chi connectivity index (χ2n) is 4.52. The molecule has 18 heavy (non-hydrogen) atoms. The number of hydrogen-bond donors (Lipinski definition) is 1. The molecule has 2 rings (SSSR count). The predicted molar refractivity (Wildman–Crippen MR) is 70.8 cm³/mol. The first-order chi connectivity index (χ1) is 8.65. The lowest BCUT2D eigenvalue weighted by molar-refractivity contribution is 0.0136. The first-order valence-corrected chi connectivity index (χ1v) is 6.99. The highest BCUT2D eigenvalue weighted by molar-refractivity contribution is 7.09. The van der Waals surface area contributed by atoms with Crippen molar-refractivity contribution in [2.45, 2.75) is 31.9 Å². The van der Waals surface area contributed by atoms with E-state index in [1.165, 1.54) is 11.3 Å². The molecule has 0 saturated carbocycles. The Kier molecular flexibility index (Phi) is 4.31. The lowest BCUT2D eigenvalue weighted by atomic mass is 9.99. The van der Waals surface area contributed by atoms with Crippen LogP contribution in [-0.4, -0.2) is 48.1 Å². The number of rotatable bonds is 3. The molecule has 1 amide bonds. The van der Waals surface area contributed by atoms with Gasteiger partial charge in [-0.1, -0.05) is 0 Å². The molecule has 2 atom stereocenters. The van der Waals surface area contributed by atoms with Gasteiger partial charge >= 0.3 is 0 Å². The Hall–Kier alpha value is -0.980. The molecule has 0 aromatic carbocycles. The van der Waals surface area contributed by atoms with Crippen molar-refractivity contribution >= 4 is 17.2 Å². The summed E-state index contributed by atoms with van der Waals surface area (Å²) in [6.07, 6.45) is 1.88. The topological polar surface area (TPSA) is 68.5 Å². The van der Waals surface area contributed by atoms with Crippen LogP contribution in [0.3, 0.4) is 0 Å². The molecule has 0 spiro atoms. The molecule has 1 aliphatic rings. The van der Waals surface area contributed by atoms with Gasteiger partial charge in [-0.15, -0.1) is 11.3 Å². The number of hydrogen-bond acceptors (Lipinski definition) is 5. The zero-order valence-electron chi connectivity index (χ0n) is 10.8. The summed E-state index contributed by atoms with van der Waals surface area (Å²) in [7, 11) is 1.71.